The quantitative estimate of drug-likeness (QED) is 0.0589. The lowest BCUT2D eigenvalue weighted by atomic mass is 10.0. The van der Waals surface area contributed by atoms with Gasteiger partial charge in [-0.3, -0.25) is 9.59 Å². The van der Waals surface area contributed by atoms with Gasteiger partial charge in [0.15, 0.2) is 0 Å². The van der Waals surface area contributed by atoms with E-state index in [0.717, 1.165) is 32.1 Å². The van der Waals surface area contributed by atoms with Crippen LogP contribution in [-0.2, 0) is 14.3 Å². The number of unbranched alkanes of at least 4 members (excludes halogenated alkanes) is 24. The monoisotopic (exact) mass is 598 g/mol. The molecule has 0 radical (unpaired) electrons. The van der Waals surface area contributed by atoms with Gasteiger partial charge in [-0.15, -0.1) is 0 Å². The summed E-state index contributed by atoms with van der Waals surface area (Å²) in [5, 5.41) is 9.54. The van der Waals surface area contributed by atoms with E-state index in [2.05, 4.69) is 13.8 Å². The van der Waals surface area contributed by atoms with Gasteiger partial charge in [0.05, 0.1) is 18.9 Å². The summed E-state index contributed by atoms with van der Waals surface area (Å²) < 4.78 is 5.39. The van der Waals surface area contributed by atoms with Gasteiger partial charge in [-0.1, -0.05) is 174 Å². The van der Waals surface area contributed by atoms with Gasteiger partial charge in [-0.2, -0.15) is 11.8 Å². The Morgan fingerprint density at radius 3 is 1.32 bits per heavy atom. The maximum Gasteiger partial charge on any atom is 0.307 e. The summed E-state index contributed by atoms with van der Waals surface area (Å²) in [5.41, 5.74) is 0. The predicted molar refractivity (Wildman–Crippen MR) is 180 cm³/mol. The molecule has 0 aromatic rings. The van der Waals surface area contributed by atoms with Crippen molar-refractivity contribution in [1.29, 1.82) is 0 Å². The number of hydrogen-bond acceptors (Lipinski definition) is 4. The zero-order valence-corrected chi connectivity index (χ0v) is 28.4. The van der Waals surface area contributed by atoms with Crippen molar-refractivity contribution in [2.75, 3.05) is 18.1 Å². The van der Waals surface area contributed by atoms with Crippen molar-refractivity contribution in [3.05, 3.63) is 0 Å². The fourth-order valence-electron chi connectivity index (χ4n) is 5.45. The van der Waals surface area contributed by atoms with Crippen LogP contribution in [-0.4, -0.2) is 35.2 Å². The molecule has 1 atom stereocenters. The summed E-state index contributed by atoms with van der Waals surface area (Å²) in [6.07, 6.45) is 35.2. The molecule has 0 fully saturated rings. The molecule has 1 N–H and O–H groups in total. The van der Waals surface area contributed by atoms with Gasteiger partial charge in [0.1, 0.15) is 0 Å². The molecule has 0 rings (SSSR count). The number of carboxylic acids is 1. The fourth-order valence-corrected chi connectivity index (χ4v) is 6.52. The number of hydrogen-bond donors (Lipinski definition) is 1. The average Bonchev–Trinajstić information content (AvgIpc) is 2.96. The van der Waals surface area contributed by atoms with E-state index in [4.69, 9.17) is 4.74 Å². The van der Waals surface area contributed by atoms with Gasteiger partial charge in [-0.05, 0) is 12.8 Å². The highest BCUT2D eigenvalue weighted by atomic mass is 32.2. The van der Waals surface area contributed by atoms with Crippen LogP contribution in [0.4, 0.5) is 0 Å². The smallest absolute Gasteiger partial charge is 0.307 e. The normalized spacial score (nSPS) is 12.0. The Balaban J connectivity index is 3.45. The Hall–Kier alpha value is -0.710. The molecule has 0 aliphatic heterocycles. The fraction of sp³-hybridized carbons (Fsp3) is 0.944. The Labute approximate surface area is 260 Å². The SMILES string of the molecule is CCCCCCCCCCCCCCCCCCOC(=O)CCSCC(CCCCCCCCCCCC)C(=O)O. The molecule has 0 amide bonds. The molecule has 0 heterocycles. The third kappa shape index (κ3) is 32.0. The van der Waals surface area contributed by atoms with Crippen LogP contribution >= 0.6 is 11.8 Å². The van der Waals surface area contributed by atoms with E-state index >= 15 is 0 Å². The summed E-state index contributed by atoms with van der Waals surface area (Å²) in [7, 11) is 0. The molecule has 0 bridgehead atoms. The molecular formula is C36H70O4S. The number of carbonyl (C=O) groups excluding carboxylic acids is 1. The van der Waals surface area contributed by atoms with E-state index in [0.29, 0.717) is 24.5 Å². The van der Waals surface area contributed by atoms with Crippen molar-refractivity contribution >= 4 is 23.7 Å². The van der Waals surface area contributed by atoms with E-state index in [9.17, 15) is 14.7 Å². The number of thioether (sulfide) groups is 1. The zero-order chi connectivity index (χ0) is 30.1. The maximum absolute atomic E-state index is 12.0. The summed E-state index contributed by atoms with van der Waals surface area (Å²) in [6, 6.07) is 0. The Morgan fingerprint density at radius 1 is 0.561 bits per heavy atom. The average molecular weight is 599 g/mol. The molecule has 0 aliphatic carbocycles. The lowest BCUT2D eigenvalue weighted by molar-refractivity contribution is -0.143. The molecule has 1 unspecified atom stereocenters. The van der Waals surface area contributed by atoms with Gasteiger partial charge in [0.25, 0.3) is 0 Å². The summed E-state index contributed by atoms with van der Waals surface area (Å²) in [4.78, 5) is 23.6. The van der Waals surface area contributed by atoms with Crippen LogP contribution in [0.5, 0.6) is 0 Å². The Bertz CT molecular complexity index is 554. The molecule has 4 nitrogen and oxygen atoms in total. The zero-order valence-electron chi connectivity index (χ0n) is 27.6. The summed E-state index contributed by atoms with van der Waals surface area (Å²) >= 11 is 1.58. The minimum absolute atomic E-state index is 0.139. The van der Waals surface area contributed by atoms with Crippen molar-refractivity contribution in [1.82, 2.24) is 0 Å². The lowest BCUT2D eigenvalue weighted by Gasteiger charge is -2.12. The van der Waals surface area contributed by atoms with Crippen LogP contribution in [0.25, 0.3) is 0 Å². The van der Waals surface area contributed by atoms with Crippen molar-refractivity contribution in [2.45, 2.75) is 194 Å². The van der Waals surface area contributed by atoms with E-state index in [1.807, 2.05) is 0 Å². The topological polar surface area (TPSA) is 63.6 Å². The molecule has 5 heteroatoms. The summed E-state index contributed by atoms with van der Waals surface area (Å²) in [6.45, 7) is 5.06. The maximum atomic E-state index is 12.0. The van der Waals surface area contributed by atoms with E-state index < -0.39 is 5.97 Å². The van der Waals surface area contributed by atoms with Crippen molar-refractivity contribution in [2.24, 2.45) is 5.92 Å². The highest BCUT2D eigenvalue weighted by Crippen LogP contribution is 2.19. The second-order valence-electron chi connectivity index (χ2n) is 12.4. The minimum atomic E-state index is -0.695. The molecule has 0 aromatic carbocycles. The third-order valence-corrected chi connectivity index (χ3v) is 9.42. The van der Waals surface area contributed by atoms with Crippen molar-refractivity contribution in [3.63, 3.8) is 0 Å². The van der Waals surface area contributed by atoms with Crippen LogP contribution in [0.2, 0.25) is 0 Å². The molecule has 0 saturated heterocycles. The highest BCUT2D eigenvalue weighted by Gasteiger charge is 2.17. The predicted octanol–water partition coefficient (Wildman–Crippen LogP) is 11.9. The standard InChI is InChI=1S/C36H70O4S/c1-3-5-7-9-11-13-15-16-17-18-19-20-22-24-26-28-31-40-35(37)30-32-41-33-34(36(38)39)29-27-25-23-21-14-12-10-8-6-4-2/h34H,3-33H2,1-2H3,(H,38,39). The Kier molecular flexibility index (Phi) is 33.2. The summed E-state index contributed by atoms with van der Waals surface area (Å²) in [5.74, 6) is 0.119. The molecule has 0 spiro atoms. The highest BCUT2D eigenvalue weighted by molar-refractivity contribution is 7.99. The number of rotatable bonds is 34. The van der Waals surface area contributed by atoms with Gasteiger partial charge in [0.2, 0.25) is 0 Å². The first-order valence-electron chi connectivity index (χ1n) is 18.1. The van der Waals surface area contributed by atoms with Crippen LogP contribution in [0.1, 0.15) is 194 Å². The largest absolute Gasteiger partial charge is 0.481 e. The van der Waals surface area contributed by atoms with Gasteiger partial charge in [-0.25, -0.2) is 0 Å². The number of carboxylic acid groups (broad SMARTS) is 1. The molecule has 0 aromatic heterocycles. The van der Waals surface area contributed by atoms with Crippen LogP contribution in [0, 0.1) is 5.92 Å². The van der Waals surface area contributed by atoms with Gasteiger partial charge in [0, 0.05) is 11.5 Å². The third-order valence-electron chi connectivity index (χ3n) is 8.29. The number of esters is 1. The second kappa shape index (κ2) is 33.8. The van der Waals surface area contributed by atoms with Crippen molar-refractivity contribution in [3.8, 4) is 0 Å². The number of aliphatic carboxylic acids is 1. The first-order chi connectivity index (χ1) is 20.1. The van der Waals surface area contributed by atoms with E-state index in [-0.39, 0.29) is 11.9 Å². The second-order valence-corrected chi connectivity index (χ2v) is 13.5. The molecule has 0 saturated carbocycles. The minimum Gasteiger partial charge on any atom is -0.481 e. The number of ether oxygens (including phenoxy) is 1. The van der Waals surface area contributed by atoms with Gasteiger partial charge >= 0.3 is 11.9 Å². The molecule has 0 aliphatic rings. The molecular weight excluding hydrogens is 528 g/mol. The van der Waals surface area contributed by atoms with Gasteiger partial charge < -0.3 is 9.84 Å². The molecule has 244 valence electrons. The van der Waals surface area contributed by atoms with Crippen molar-refractivity contribution < 1.29 is 19.4 Å². The van der Waals surface area contributed by atoms with E-state index in [1.54, 1.807) is 11.8 Å². The van der Waals surface area contributed by atoms with Crippen LogP contribution in [0.3, 0.4) is 0 Å². The lowest BCUT2D eigenvalue weighted by Crippen LogP contribution is -2.17. The molecule has 41 heavy (non-hydrogen) atoms. The van der Waals surface area contributed by atoms with Crippen LogP contribution < -0.4 is 0 Å². The first kappa shape index (κ1) is 40.3. The first-order valence-corrected chi connectivity index (χ1v) is 19.2. The van der Waals surface area contributed by atoms with E-state index in [1.165, 1.54) is 141 Å². The Morgan fingerprint density at radius 2 is 0.927 bits per heavy atom. The van der Waals surface area contributed by atoms with Crippen LogP contribution in [0.15, 0.2) is 0 Å². The number of carbonyl (C=O) groups is 2.